The minimum absolute atomic E-state index is 0.0928. The molecule has 6 heteroatoms. The maximum atomic E-state index is 12.4. The Morgan fingerprint density at radius 1 is 1.11 bits per heavy atom. The van der Waals surface area contributed by atoms with Gasteiger partial charge in [0.1, 0.15) is 18.1 Å². The Labute approximate surface area is 158 Å². The predicted molar refractivity (Wildman–Crippen MR) is 104 cm³/mol. The van der Waals surface area contributed by atoms with Gasteiger partial charge in [0, 0.05) is 12.4 Å². The Bertz CT molecular complexity index is 845. The van der Waals surface area contributed by atoms with Crippen LogP contribution in [0.4, 0.5) is 5.69 Å². The van der Waals surface area contributed by atoms with E-state index in [4.69, 9.17) is 9.47 Å². The van der Waals surface area contributed by atoms with E-state index in [0.29, 0.717) is 31.2 Å². The molecular formula is C21H23N3O3. The van der Waals surface area contributed by atoms with E-state index in [1.165, 1.54) is 0 Å². The number of aromatic nitrogens is 2. The molecule has 1 aromatic heterocycles. The smallest absolute Gasteiger partial charge is 0.228 e. The second-order valence-electron chi connectivity index (χ2n) is 5.95. The van der Waals surface area contributed by atoms with Gasteiger partial charge in [0.2, 0.25) is 5.91 Å². The highest BCUT2D eigenvalue weighted by Crippen LogP contribution is 2.24. The third kappa shape index (κ3) is 5.60. The predicted octanol–water partition coefficient (Wildman–Crippen LogP) is 3.54. The van der Waals surface area contributed by atoms with E-state index >= 15 is 0 Å². The van der Waals surface area contributed by atoms with Crippen molar-refractivity contribution in [3.63, 3.8) is 0 Å². The van der Waals surface area contributed by atoms with Crippen LogP contribution < -0.4 is 14.8 Å². The topological polar surface area (TPSA) is 65.4 Å². The fourth-order valence-electron chi connectivity index (χ4n) is 2.63. The molecule has 2 aromatic carbocycles. The quantitative estimate of drug-likeness (QED) is 0.630. The maximum Gasteiger partial charge on any atom is 0.228 e. The second-order valence-corrected chi connectivity index (χ2v) is 5.95. The molecule has 1 N–H and O–H groups in total. The highest BCUT2D eigenvalue weighted by atomic mass is 16.5. The van der Waals surface area contributed by atoms with Crippen LogP contribution in [0.2, 0.25) is 0 Å². The Hall–Kier alpha value is -3.28. The maximum absolute atomic E-state index is 12.4. The zero-order valence-corrected chi connectivity index (χ0v) is 15.3. The first-order valence-electron chi connectivity index (χ1n) is 8.94. The van der Waals surface area contributed by atoms with E-state index in [2.05, 4.69) is 10.3 Å². The molecule has 0 spiro atoms. The molecule has 3 rings (SSSR count). The number of hydrogen-bond donors (Lipinski definition) is 1. The lowest BCUT2D eigenvalue weighted by atomic mass is 10.1. The lowest BCUT2D eigenvalue weighted by molar-refractivity contribution is -0.115. The van der Waals surface area contributed by atoms with Crippen molar-refractivity contribution in [3.05, 3.63) is 72.8 Å². The number of carbonyl (C=O) groups is 1. The molecule has 0 atom stereocenters. The Kier molecular flexibility index (Phi) is 6.46. The molecule has 1 heterocycles. The minimum Gasteiger partial charge on any atom is -0.494 e. The van der Waals surface area contributed by atoms with E-state index in [9.17, 15) is 4.79 Å². The van der Waals surface area contributed by atoms with Gasteiger partial charge in [-0.25, -0.2) is 4.98 Å². The van der Waals surface area contributed by atoms with Gasteiger partial charge in [-0.1, -0.05) is 24.3 Å². The molecule has 0 unspecified atom stereocenters. The van der Waals surface area contributed by atoms with Gasteiger partial charge in [0.05, 0.1) is 31.6 Å². The van der Waals surface area contributed by atoms with Crippen LogP contribution in [-0.2, 0) is 17.8 Å². The monoisotopic (exact) mass is 365 g/mol. The third-order valence-corrected chi connectivity index (χ3v) is 3.93. The number of nitrogens with zero attached hydrogens (tertiary/aromatic N) is 2. The van der Waals surface area contributed by atoms with Crippen LogP contribution in [0.1, 0.15) is 12.5 Å². The van der Waals surface area contributed by atoms with Gasteiger partial charge in [-0.3, -0.25) is 4.79 Å². The van der Waals surface area contributed by atoms with Crippen LogP contribution in [0.5, 0.6) is 11.5 Å². The van der Waals surface area contributed by atoms with E-state index in [-0.39, 0.29) is 12.3 Å². The molecule has 0 aliphatic rings. The normalized spacial score (nSPS) is 10.4. The van der Waals surface area contributed by atoms with Crippen molar-refractivity contribution in [3.8, 4) is 11.5 Å². The molecule has 6 nitrogen and oxygen atoms in total. The first-order chi connectivity index (χ1) is 13.2. The molecule has 0 fully saturated rings. The number of ether oxygens (including phenoxy) is 2. The Balaban J connectivity index is 1.55. The van der Waals surface area contributed by atoms with E-state index in [1.807, 2.05) is 66.2 Å². The summed E-state index contributed by atoms with van der Waals surface area (Å²) in [5, 5.41) is 2.93. The highest BCUT2D eigenvalue weighted by molar-refractivity contribution is 5.93. The van der Waals surface area contributed by atoms with Gasteiger partial charge >= 0.3 is 0 Å². The number of rotatable bonds is 9. The molecule has 3 aromatic rings. The molecule has 1 amide bonds. The zero-order valence-electron chi connectivity index (χ0n) is 15.3. The van der Waals surface area contributed by atoms with Crippen molar-refractivity contribution in [1.82, 2.24) is 9.55 Å². The first kappa shape index (κ1) is 18.5. The molecular weight excluding hydrogens is 342 g/mol. The van der Waals surface area contributed by atoms with Crippen molar-refractivity contribution in [1.29, 1.82) is 0 Å². The van der Waals surface area contributed by atoms with Crippen molar-refractivity contribution in [2.45, 2.75) is 19.9 Å². The standard InChI is InChI=1S/C21H23N3O3/c1-2-26-18-9-7-17(8-10-18)15-21(25)23-19-5-3-4-6-20(19)27-14-13-24-12-11-22-16-24/h3-12,16H,2,13-15H2,1H3,(H,23,25). The summed E-state index contributed by atoms with van der Waals surface area (Å²) in [5.41, 5.74) is 1.59. The summed E-state index contributed by atoms with van der Waals surface area (Å²) < 4.78 is 13.2. The van der Waals surface area contributed by atoms with Crippen molar-refractivity contribution in [2.24, 2.45) is 0 Å². The molecule has 140 valence electrons. The van der Waals surface area contributed by atoms with Gasteiger partial charge in [0.25, 0.3) is 0 Å². The average molecular weight is 365 g/mol. The van der Waals surface area contributed by atoms with Crippen LogP contribution in [-0.4, -0.2) is 28.7 Å². The summed E-state index contributed by atoms with van der Waals surface area (Å²) in [4.78, 5) is 16.4. The Morgan fingerprint density at radius 2 is 1.93 bits per heavy atom. The number of amides is 1. The number of benzene rings is 2. The number of carbonyl (C=O) groups excluding carboxylic acids is 1. The lowest BCUT2D eigenvalue weighted by Gasteiger charge is -2.13. The molecule has 27 heavy (non-hydrogen) atoms. The summed E-state index contributed by atoms with van der Waals surface area (Å²) in [5.74, 6) is 1.36. The molecule has 0 bridgehead atoms. The van der Waals surface area contributed by atoms with Crippen LogP contribution in [0.25, 0.3) is 0 Å². The molecule has 0 saturated heterocycles. The number of nitrogens with one attached hydrogen (secondary N) is 1. The zero-order chi connectivity index (χ0) is 18.9. The fraction of sp³-hybridized carbons (Fsp3) is 0.238. The average Bonchev–Trinajstić information content (AvgIpc) is 3.18. The van der Waals surface area contributed by atoms with Crippen LogP contribution >= 0.6 is 0 Å². The SMILES string of the molecule is CCOc1ccc(CC(=O)Nc2ccccc2OCCn2ccnc2)cc1. The summed E-state index contributed by atoms with van der Waals surface area (Å²) in [6, 6.07) is 15.0. The largest absolute Gasteiger partial charge is 0.494 e. The molecule has 0 saturated carbocycles. The van der Waals surface area contributed by atoms with E-state index in [1.54, 1.807) is 12.5 Å². The van der Waals surface area contributed by atoms with Crippen molar-refractivity contribution >= 4 is 11.6 Å². The van der Waals surface area contributed by atoms with Crippen LogP contribution in [0.3, 0.4) is 0 Å². The van der Waals surface area contributed by atoms with Crippen LogP contribution in [0.15, 0.2) is 67.3 Å². The van der Waals surface area contributed by atoms with Gasteiger partial charge in [-0.05, 0) is 36.8 Å². The number of hydrogen-bond acceptors (Lipinski definition) is 4. The number of para-hydroxylation sites is 2. The van der Waals surface area contributed by atoms with Crippen LogP contribution in [0, 0.1) is 0 Å². The minimum atomic E-state index is -0.0928. The van der Waals surface area contributed by atoms with E-state index < -0.39 is 0 Å². The second kappa shape index (κ2) is 9.43. The summed E-state index contributed by atoms with van der Waals surface area (Å²) in [6.45, 7) is 3.74. The van der Waals surface area contributed by atoms with Crippen molar-refractivity contribution in [2.75, 3.05) is 18.5 Å². The number of anilines is 1. The first-order valence-corrected chi connectivity index (χ1v) is 8.94. The number of imidazole rings is 1. The van der Waals surface area contributed by atoms with E-state index in [0.717, 1.165) is 11.3 Å². The third-order valence-electron chi connectivity index (χ3n) is 3.93. The fourth-order valence-corrected chi connectivity index (χ4v) is 2.63. The Morgan fingerprint density at radius 3 is 2.67 bits per heavy atom. The van der Waals surface area contributed by atoms with Gasteiger partial charge in [-0.2, -0.15) is 0 Å². The van der Waals surface area contributed by atoms with Gasteiger partial charge in [-0.15, -0.1) is 0 Å². The lowest BCUT2D eigenvalue weighted by Crippen LogP contribution is -2.16. The summed E-state index contributed by atoms with van der Waals surface area (Å²) in [6.07, 6.45) is 5.65. The van der Waals surface area contributed by atoms with Gasteiger partial charge < -0.3 is 19.4 Å². The summed E-state index contributed by atoms with van der Waals surface area (Å²) >= 11 is 0. The molecule has 0 aliphatic heterocycles. The highest BCUT2D eigenvalue weighted by Gasteiger charge is 2.09. The van der Waals surface area contributed by atoms with Crippen molar-refractivity contribution < 1.29 is 14.3 Å². The molecule has 0 radical (unpaired) electrons. The summed E-state index contributed by atoms with van der Waals surface area (Å²) in [7, 11) is 0. The molecule has 0 aliphatic carbocycles. The van der Waals surface area contributed by atoms with Gasteiger partial charge in [0.15, 0.2) is 0 Å².